The van der Waals surface area contributed by atoms with Gasteiger partial charge in [0.25, 0.3) is 0 Å². The maximum absolute atomic E-state index is 11.1. The molecular weight excluding hydrogens is 164 g/mol. The summed E-state index contributed by atoms with van der Waals surface area (Å²) in [5, 5.41) is 0. The summed E-state index contributed by atoms with van der Waals surface area (Å²) in [5.74, 6) is 0. The van der Waals surface area contributed by atoms with Gasteiger partial charge in [0.1, 0.15) is 0 Å². The molecule has 10 heavy (non-hydrogen) atoms. The van der Waals surface area contributed by atoms with Gasteiger partial charge in [-0.2, -0.15) is 0 Å². The fourth-order valence-electron chi connectivity index (χ4n) is 0.873. The first-order valence-corrected chi connectivity index (χ1v) is 5.49. The zero-order valence-corrected chi connectivity index (χ0v) is 7.77. The van der Waals surface area contributed by atoms with Crippen LogP contribution >= 0.6 is 20.7 Å². The Morgan fingerprint density at radius 2 is 2.10 bits per heavy atom. The normalized spacial score (nSPS) is 10.2. The van der Waals surface area contributed by atoms with E-state index in [1.165, 1.54) is 15.2 Å². The third-order valence-electron chi connectivity index (χ3n) is 1.41. The molecule has 0 fully saturated rings. The summed E-state index contributed by atoms with van der Waals surface area (Å²) in [7, 11) is 2.96. The van der Waals surface area contributed by atoms with Crippen molar-refractivity contribution >= 4 is 20.7 Å². The third kappa shape index (κ3) is 1.47. The van der Waals surface area contributed by atoms with Crippen molar-refractivity contribution in [2.24, 2.45) is 0 Å². The largest absolute Gasteiger partial charge is 0.277 e. The first-order valence-electron chi connectivity index (χ1n) is 3.34. The minimum atomic E-state index is 0.268. The first-order chi connectivity index (χ1) is 4.75. The number of hydrogen-bond acceptors (Lipinski definition) is 3. The molecule has 0 N–H and O–H groups in total. The highest BCUT2D eigenvalue weighted by Gasteiger charge is 2.03. The summed E-state index contributed by atoms with van der Waals surface area (Å²) >= 11 is 0. The van der Waals surface area contributed by atoms with Crippen LogP contribution in [0.15, 0.2) is 4.79 Å². The third-order valence-corrected chi connectivity index (χ3v) is 3.85. The molecule has 0 saturated heterocycles. The summed E-state index contributed by atoms with van der Waals surface area (Å²) in [6.07, 6.45) is 2.02. The molecule has 0 aliphatic heterocycles. The predicted molar refractivity (Wildman–Crippen MR) is 47.2 cm³/mol. The van der Waals surface area contributed by atoms with Gasteiger partial charge < -0.3 is 0 Å². The average molecular weight is 174 g/mol. The monoisotopic (exact) mass is 174 g/mol. The summed E-state index contributed by atoms with van der Waals surface area (Å²) < 4.78 is 0.268. The van der Waals surface area contributed by atoms with E-state index in [9.17, 15) is 4.79 Å². The Morgan fingerprint density at radius 1 is 1.40 bits per heavy atom. The molecule has 1 rings (SSSR count). The molecule has 3 heteroatoms. The van der Waals surface area contributed by atoms with E-state index in [-0.39, 0.29) is 4.74 Å². The average Bonchev–Trinajstić information content (AvgIpc) is 2.20. The zero-order chi connectivity index (χ0) is 7.56. The SMILES string of the molecule is CCCc1c(C)ssc1=O. The van der Waals surface area contributed by atoms with E-state index in [2.05, 4.69) is 6.92 Å². The van der Waals surface area contributed by atoms with Crippen molar-refractivity contribution in [3.05, 3.63) is 20.0 Å². The fourth-order valence-corrected chi connectivity index (χ4v) is 2.99. The molecule has 0 aliphatic carbocycles. The lowest BCUT2D eigenvalue weighted by molar-refractivity contribution is 0.915. The van der Waals surface area contributed by atoms with Gasteiger partial charge in [-0.1, -0.05) is 23.7 Å². The predicted octanol–water partition coefficient (Wildman–Crippen LogP) is 2.43. The minimum absolute atomic E-state index is 0.268. The van der Waals surface area contributed by atoms with Crippen molar-refractivity contribution in [3.8, 4) is 0 Å². The van der Waals surface area contributed by atoms with Crippen LogP contribution in [0, 0.1) is 6.92 Å². The lowest BCUT2D eigenvalue weighted by atomic mass is 10.2. The Balaban J connectivity index is 2.99. The van der Waals surface area contributed by atoms with Crippen LogP contribution in [0.5, 0.6) is 0 Å². The highest BCUT2D eigenvalue weighted by atomic mass is 32.9. The van der Waals surface area contributed by atoms with E-state index in [4.69, 9.17) is 0 Å². The standard InChI is InChI=1S/C7H10OS2/c1-3-4-6-5(2)9-10-7(6)8/h3-4H2,1-2H3. The molecule has 1 aromatic heterocycles. The molecule has 1 nitrogen and oxygen atoms in total. The molecule has 0 spiro atoms. The topological polar surface area (TPSA) is 17.1 Å². The fraction of sp³-hybridized carbons (Fsp3) is 0.571. The van der Waals surface area contributed by atoms with Crippen LogP contribution in [0.4, 0.5) is 0 Å². The highest BCUT2D eigenvalue weighted by Crippen LogP contribution is 2.15. The number of rotatable bonds is 2. The Bertz CT molecular complexity index is 259. The molecule has 0 atom stereocenters. The van der Waals surface area contributed by atoms with Crippen LogP contribution in [-0.2, 0) is 6.42 Å². The molecule has 0 aromatic carbocycles. The summed E-state index contributed by atoms with van der Waals surface area (Å²) in [6.45, 7) is 4.12. The van der Waals surface area contributed by atoms with Crippen LogP contribution < -0.4 is 4.74 Å². The Hall–Kier alpha value is -0.150. The molecule has 0 bridgehead atoms. The van der Waals surface area contributed by atoms with Gasteiger partial charge in [0.2, 0.25) is 4.74 Å². The van der Waals surface area contributed by atoms with E-state index in [1.807, 2.05) is 6.92 Å². The minimum Gasteiger partial charge on any atom is -0.277 e. The second-order valence-electron chi connectivity index (χ2n) is 2.24. The van der Waals surface area contributed by atoms with Crippen molar-refractivity contribution in [2.75, 3.05) is 0 Å². The molecule has 0 radical (unpaired) electrons. The van der Waals surface area contributed by atoms with Crippen LogP contribution in [0.2, 0.25) is 0 Å². The summed E-state index contributed by atoms with van der Waals surface area (Å²) in [4.78, 5) is 12.3. The molecule has 56 valence electrons. The van der Waals surface area contributed by atoms with E-state index < -0.39 is 0 Å². The molecule has 0 aliphatic rings. The van der Waals surface area contributed by atoms with Crippen LogP contribution in [0.1, 0.15) is 23.8 Å². The second kappa shape index (κ2) is 3.30. The van der Waals surface area contributed by atoms with Gasteiger partial charge in [-0.15, -0.1) is 0 Å². The second-order valence-corrected chi connectivity index (χ2v) is 4.56. The smallest absolute Gasteiger partial charge is 0.246 e. The van der Waals surface area contributed by atoms with E-state index in [1.54, 1.807) is 10.3 Å². The van der Waals surface area contributed by atoms with E-state index in [0.717, 1.165) is 18.4 Å². The van der Waals surface area contributed by atoms with Gasteiger partial charge >= 0.3 is 0 Å². The van der Waals surface area contributed by atoms with Crippen LogP contribution in [0.25, 0.3) is 0 Å². The van der Waals surface area contributed by atoms with Gasteiger partial charge in [0.15, 0.2) is 0 Å². The van der Waals surface area contributed by atoms with Crippen molar-refractivity contribution in [2.45, 2.75) is 26.7 Å². The maximum Gasteiger partial charge on any atom is 0.246 e. The van der Waals surface area contributed by atoms with Gasteiger partial charge in [0.05, 0.1) is 0 Å². The van der Waals surface area contributed by atoms with Gasteiger partial charge in [-0.3, -0.25) is 4.79 Å². The van der Waals surface area contributed by atoms with Crippen LogP contribution in [-0.4, -0.2) is 0 Å². The summed E-state index contributed by atoms with van der Waals surface area (Å²) in [5.41, 5.74) is 1.04. The quantitative estimate of drug-likeness (QED) is 0.629. The number of aryl methyl sites for hydroxylation is 1. The Morgan fingerprint density at radius 3 is 2.50 bits per heavy atom. The molecule has 1 heterocycles. The molecule has 1 aromatic rings. The van der Waals surface area contributed by atoms with Crippen LogP contribution in [0.3, 0.4) is 0 Å². The zero-order valence-electron chi connectivity index (χ0n) is 6.14. The van der Waals surface area contributed by atoms with Gasteiger partial charge in [0, 0.05) is 10.4 Å². The van der Waals surface area contributed by atoms with E-state index >= 15 is 0 Å². The molecule has 0 unspecified atom stereocenters. The summed E-state index contributed by atoms with van der Waals surface area (Å²) in [6, 6.07) is 0. The number of hydrogen-bond donors (Lipinski definition) is 0. The van der Waals surface area contributed by atoms with Gasteiger partial charge in [-0.25, -0.2) is 0 Å². The van der Waals surface area contributed by atoms with Gasteiger partial charge in [-0.05, 0) is 23.7 Å². The Kier molecular flexibility index (Phi) is 2.63. The molecular formula is C7H10OS2. The van der Waals surface area contributed by atoms with Crippen molar-refractivity contribution in [1.29, 1.82) is 0 Å². The van der Waals surface area contributed by atoms with Crippen molar-refractivity contribution in [3.63, 3.8) is 0 Å². The van der Waals surface area contributed by atoms with Crippen molar-refractivity contribution < 1.29 is 0 Å². The maximum atomic E-state index is 11.1. The van der Waals surface area contributed by atoms with Crippen molar-refractivity contribution in [1.82, 2.24) is 0 Å². The molecule has 0 saturated carbocycles. The lowest BCUT2D eigenvalue weighted by Gasteiger charge is -1.90. The Labute approximate surface area is 67.7 Å². The lowest BCUT2D eigenvalue weighted by Crippen LogP contribution is -1.99. The molecule has 0 amide bonds. The van der Waals surface area contributed by atoms with E-state index in [0.29, 0.717) is 0 Å². The first kappa shape index (κ1) is 7.95. The highest BCUT2D eigenvalue weighted by molar-refractivity contribution is 7.68.